The van der Waals surface area contributed by atoms with Crippen molar-refractivity contribution in [3.05, 3.63) is 56.2 Å². The molecule has 0 bridgehead atoms. The molecule has 25 heavy (non-hydrogen) atoms. The molecule has 1 N–H and O–H groups in total. The SMILES string of the molecule is Cn1cnc2c1c(=O)n(CC(=O)Nc1ccc(F)cc1Cl)c(=O)n2C. The van der Waals surface area contributed by atoms with Gasteiger partial charge in [-0.15, -0.1) is 0 Å². The molecule has 0 unspecified atom stereocenters. The van der Waals surface area contributed by atoms with Crippen molar-refractivity contribution < 1.29 is 9.18 Å². The number of rotatable bonds is 3. The smallest absolute Gasteiger partial charge is 0.328 e. The van der Waals surface area contributed by atoms with Crippen molar-refractivity contribution in [3.63, 3.8) is 0 Å². The summed E-state index contributed by atoms with van der Waals surface area (Å²) >= 11 is 5.85. The molecule has 2 aromatic heterocycles. The number of nitrogens with one attached hydrogen (secondary N) is 1. The Bertz CT molecular complexity index is 1110. The highest BCUT2D eigenvalue weighted by atomic mass is 35.5. The van der Waals surface area contributed by atoms with Gasteiger partial charge >= 0.3 is 5.69 Å². The van der Waals surface area contributed by atoms with Crippen molar-refractivity contribution in [1.29, 1.82) is 0 Å². The minimum atomic E-state index is -0.670. The van der Waals surface area contributed by atoms with Crippen molar-refractivity contribution in [1.82, 2.24) is 18.7 Å². The number of aromatic nitrogens is 4. The van der Waals surface area contributed by atoms with Crippen molar-refractivity contribution in [2.24, 2.45) is 14.1 Å². The van der Waals surface area contributed by atoms with Crippen molar-refractivity contribution in [3.8, 4) is 0 Å². The molecule has 0 spiro atoms. The first kappa shape index (κ1) is 16.9. The Balaban J connectivity index is 1.98. The molecule has 130 valence electrons. The van der Waals surface area contributed by atoms with E-state index < -0.39 is 29.5 Å². The van der Waals surface area contributed by atoms with Gasteiger partial charge in [0.05, 0.1) is 17.0 Å². The predicted octanol–water partition coefficient (Wildman–Crippen LogP) is 0.865. The lowest BCUT2D eigenvalue weighted by Crippen LogP contribution is -2.42. The molecule has 10 heteroatoms. The van der Waals surface area contributed by atoms with Crippen molar-refractivity contribution >= 4 is 34.4 Å². The molecular weight excluding hydrogens is 353 g/mol. The Kier molecular flexibility index (Phi) is 4.17. The van der Waals surface area contributed by atoms with Crippen molar-refractivity contribution in [2.45, 2.75) is 6.54 Å². The summed E-state index contributed by atoms with van der Waals surface area (Å²) in [7, 11) is 3.08. The molecule has 0 radical (unpaired) electrons. The lowest BCUT2D eigenvalue weighted by Gasteiger charge is -2.10. The molecular formula is C15H13ClFN5O3. The number of carbonyl (C=O) groups excluding carboxylic acids is 1. The highest BCUT2D eigenvalue weighted by Crippen LogP contribution is 2.22. The van der Waals surface area contributed by atoms with Crippen LogP contribution in [0.1, 0.15) is 0 Å². The van der Waals surface area contributed by atoms with E-state index in [-0.39, 0.29) is 21.9 Å². The second kappa shape index (κ2) is 6.17. The highest BCUT2D eigenvalue weighted by Gasteiger charge is 2.17. The minimum absolute atomic E-state index is 0.00989. The van der Waals surface area contributed by atoms with Gasteiger partial charge in [0, 0.05) is 14.1 Å². The first-order chi connectivity index (χ1) is 11.8. The van der Waals surface area contributed by atoms with Crippen LogP contribution in [0.4, 0.5) is 10.1 Å². The van der Waals surface area contributed by atoms with Crippen molar-refractivity contribution in [2.75, 3.05) is 5.32 Å². The maximum absolute atomic E-state index is 13.0. The summed E-state index contributed by atoms with van der Waals surface area (Å²) in [6, 6.07) is 3.47. The lowest BCUT2D eigenvalue weighted by atomic mass is 10.3. The summed E-state index contributed by atoms with van der Waals surface area (Å²) in [5, 5.41) is 2.46. The summed E-state index contributed by atoms with van der Waals surface area (Å²) in [4.78, 5) is 41.1. The number of aryl methyl sites for hydroxylation is 2. The average Bonchev–Trinajstić information content (AvgIpc) is 2.94. The zero-order valence-corrected chi connectivity index (χ0v) is 14.0. The number of hydrogen-bond donors (Lipinski definition) is 1. The molecule has 2 heterocycles. The number of carbonyl (C=O) groups is 1. The third-order valence-corrected chi connectivity index (χ3v) is 4.02. The van der Waals surface area contributed by atoms with Crippen LogP contribution in [0.15, 0.2) is 34.1 Å². The minimum Gasteiger partial charge on any atom is -0.328 e. The fourth-order valence-corrected chi connectivity index (χ4v) is 2.67. The van der Waals surface area contributed by atoms with Crippen LogP contribution in [0, 0.1) is 5.82 Å². The van der Waals surface area contributed by atoms with Gasteiger partial charge in [0.2, 0.25) is 5.91 Å². The van der Waals surface area contributed by atoms with Gasteiger partial charge in [-0.3, -0.25) is 14.2 Å². The van der Waals surface area contributed by atoms with E-state index in [1.165, 1.54) is 28.6 Å². The molecule has 8 nitrogen and oxygen atoms in total. The zero-order chi connectivity index (χ0) is 18.3. The molecule has 1 aromatic carbocycles. The van der Waals surface area contributed by atoms with E-state index >= 15 is 0 Å². The van der Waals surface area contributed by atoms with E-state index in [1.807, 2.05) is 0 Å². The quantitative estimate of drug-likeness (QED) is 0.745. The molecule has 1 amide bonds. The van der Waals surface area contributed by atoms with Gasteiger partial charge in [0.15, 0.2) is 11.2 Å². The number of halogens is 2. The molecule has 0 aliphatic carbocycles. The van der Waals surface area contributed by atoms with Gasteiger partial charge in [-0.1, -0.05) is 11.6 Å². The fourth-order valence-electron chi connectivity index (χ4n) is 2.46. The summed E-state index contributed by atoms with van der Waals surface area (Å²) in [5.74, 6) is -1.19. The third kappa shape index (κ3) is 2.93. The first-order valence-corrected chi connectivity index (χ1v) is 7.53. The monoisotopic (exact) mass is 365 g/mol. The molecule has 0 aliphatic rings. The number of imidazole rings is 1. The predicted molar refractivity (Wildman–Crippen MR) is 90.3 cm³/mol. The molecule has 0 saturated carbocycles. The molecule has 0 fully saturated rings. The summed E-state index contributed by atoms with van der Waals surface area (Å²) in [5.41, 5.74) is -0.681. The van der Waals surface area contributed by atoms with Crippen LogP contribution in [0.2, 0.25) is 5.02 Å². The van der Waals surface area contributed by atoms with E-state index in [0.717, 1.165) is 16.7 Å². The number of hydrogen-bond acceptors (Lipinski definition) is 4. The first-order valence-electron chi connectivity index (χ1n) is 7.15. The fraction of sp³-hybridized carbons (Fsp3) is 0.200. The zero-order valence-electron chi connectivity index (χ0n) is 13.3. The largest absolute Gasteiger partial charge is 0.332 e. The Labute approximate surface area is 145 Å². The molecule has 0 aliphatic heterocycles. The van der Waals surface area contributed by atoms with Crippen LogP contribution in [-0.4, -0.2) is 24.6 Å². The van der Waals surface area contributed by atoms with E-state index in [9.17, 15) is 18.8 Å². The number of anilines is 1. The number of fused-ring (bicyclic) bond motifs is 1. The maximum Gasteiger partial charge on any atom is 0.332 e. The second-order valence-corrected chi connectivity index (χ2v) is 5.84. The number of nitrogens with zero attached hydrogens (tertiary/aromatic N) is 4. The van der Waals surface area contributed by atoms with Crippen LogP contribution in [0.5, 0.6) is 0 Å². The Morgan fingerprint density at radius 1 is 1.32 bits per heavy atom. The third-order valence-electron chi connectivity index (χ3n) is 3.71. The topological polar surface area (TPSA) is 90.9 Å². The molecule has 0 atom stereocenters. The van der Waals surface area contributed by atoms with Gasteiger partial charge in [-0.25, -0.2) is 18.7 Å². The van der Waals surface area contributed by atoms with Gasteiger partial charge in [0.1, 0.15) is 12.4 Å². The van der Waals surface area contributed by atoms with E-state index in [4.69, 9.17) is 11.6 Å². The molecule has 0 saturated heterocycles. The second-order valence-electron chi connectivity index (χ2n) is 5.43. The van der Waals surface area contributed by atoms with Gasteiger partial charge in [0.25, 0.3) is 5.56 Å². The summed E-state index contributed by atoms with van der Waals surface area (Å²) in [6.45, 7) is -0.514. The van der Waals surface area contributed by atoms with Crippen LogP contribution >= 0.6 is 11.6 Å². The van der Waals surface area contributed by atoms with Crippen LogP contribution in [0.3, 0.4) is 0 Å². The Hall–Kier alpha value is -2.94. The van der Waals surface area contributed by atoms with Gasteiger partial charge in [-0.2, -0.15) is 0 Å². The lowest BCUT2D eigenvalue weighted by molar-refractivity contribution is -0.116. The number of amides is 1. The summed E-state index contributed by atoms with van der Waals surface area (Å²) in [6.07, 6.45) is 1.41. The standard InChI is InChI=1S/C15H13ClFN5O3/c1-20-7-18-13-12(20)14(24)22(15(25)21(13)2)6-11(23)19-10-4-3-8(17)5-9(10)16/h3-5,7H,6H2,1-2H3,(H,19,23). The Morgan fingerprint density at radius 3 is 2.72 bits per heavy atom. The van der Waals surface area contributed by atoms with Crippen LogP contribution < -0.4 is 16.6 Å². The summed E-state index contributed by atoms with van der Waals surface area (Å²) < 4.78 is 16.5. The molecule has 3 aromatic rings. The molecule has 3 rings (SSSR count). The van der Waals surface area contributed by atoms with E-state index in [2.05, 4.69) is 10.3 Å². The van der Waals surface area contributed by atoms with E-state index in [1.54, 1.807) is 7.05 Å². The highest BCUT2D eigenvalue weighted by molar-refractivity contribution is 6.33. The average molecular weight is 366 g/mol. The maximum atomic E-state index is 13.0. The van der Waals surface area contributed by atoms with Crippen LogP contribution in [0.25, 0.3) is 11.2 Å². The number of benzene rings is 1. The Morgan fingerprint density at radius 2 is 2.04 bits per heavy atom. The van der Waals surface area contributed by atoms with Gasteiger partial charge < -0.3 is 9.88 Å². The van der Waals surface area contributed by atoms with E-state index in [0.29, 0.717) is 0 Å². The van der Waals surface area contributed by atoms with Gasteiger partial charge in [-0.05, 0) is 18.2 Å². The normalized spacial score (nSPS) is 11.0. The van der Waals surface area contributed by atoms with Crippen LogP contribution in [-0.2, 0) is 25.4 Å².